The summed E-state index contributed by atoms with van der Waals surface area (Å²) in [5.74, 6) is -2.41. The van der Waals surface area contributed by atoms with Crippen LogP contribution in [0.1, 0.15) is 46.5 Å². The predicted octanol–water partition coefficient (Wildman–Crippen LogP) is 2.46. The second-order valence-electron chi connectivity index (χ2n) is 8.66. The largest absolute Gasteiger partial charge is 0.507 e. The first-order valence-electron chi connectivity index (χ1n) is 9.47. The number of fused-ring (bicyclic) bond motifs is 3. The Morgan fingerprint density at radius 3 is 2.54 bits per heavy atom. The van der Waals surface area contributed by atoms with Crippen LogP contribution in [0.2, 0.25) is 0 Å². The zero-order valence-corrected chi connectivity index (χ0v) is 16.3. The number of carbonyl (C=O) groups is 3. The molecule has 4 atom stereocenters. The van der Waals surface area contributed by atoms with E-state index in [2.05, 4.69) is 0 Å². The van der Waals surface area contributed by atoms with Gasteiger partial charge in [0.2, 0.25) is 5.78 Å². The summed E-state index contributed by atoms with van der Waals surface area (Å²) in [5.41, 5.74) is -1.21. The number of aliphatic hydroxyl groups excluding tert-OH is 3. The van der Waals surface area contributed by atoms with Gasteiger partial charge in [-0.25, -0.2) is 0 Å². The van der Waals surface area contributed by atoms with Crippen molar-refractivity contribution in [3.63, 3.8) is 0 Å². The van der Waals surface area contributed by atoms with Crippen molar-refractivity contribution >= 4 is 18.0 Å². The first-order valence-corrected chi connectivity index (χ1v) is 9.47. The van der Waals surface area contributed by atoms with Crippen LogP contribution in [0, 0.1) is 16.7 Å². The van der Waals surface area contributed by atoms with Gasteiger partial charge in [-0.2, -0.15) is 0 Å². The van der Waals surface area contributed by atoms with Crippen LogP contribution in [-0.2, 0) is 19.1 Å². The van der Waals surface area contributed by atoms with Crippen LogP contribution < -0.4 is 0 Å². The molecule has 3 aliphatic rings. The first kappa shape index (κ1) is 20.3. The molecule has 28 heavy (non-hydrogen) atoms. The Labute approximate surface area is 163 Å². The summed E-state index contributed by atoms with van der Waals surface area (Å²) in [5, 5.41) is 31.1. The van der Waals surface area contributed by atoms with Gasteiger partial charge in [-0.3, -0.25) is 14.4 Å². The number of allylic oxidation sites excluding steroid dienone is 3. The zero-order chi connectivity index (χ0) is 20.9. The van der Waals surface area contributed by atoms with E-state index in [1.807, 2.05) is 13.8 Å². The van der Waals surface area contributed by atoms with Crippen LogP contribution >= 0.6 is 0 Å². The second kappa shape index (κ2) is 6.88. The minimum atomic E-state index is -0.892. The first-order chi connectivity index (χ1) is 13.1. The predicted molar refractivity (Wildman–Crippen MR) is 99.3 cm³/mol. The molecule has 0 heterocycles. The lowest BCUT2D eigenvalue weighted by Crippen LogP contribution is -2.53. The molecule has 1 fully saturated rings. The van der Waals surface area contributed by atoms with E-state index in [-0.39, 0.29) is 41.3 Å². The van der Waals surface area contributed by atoms with Crippen LogP contribution in [0.3, 0.4) is 0 Å². The van der Waals surface area contributed by atoms with Crippen molar-refractivity contribution in [2.75, 3.05) is 6.61 Å². The lowest BCUT2D eigenvalue weighted by atomic mass is 9.49. The normalized spacial score (nSPS) is 33.9. The maximum atomic E-state index is 13.1. The minimum absolute atomic E-state index is 0.0583. The van der Waals surface area contributed by atoms with Crippen molar-refractivity contribution in [1.82, 2.24) is 0 Å². The molecule has 7 heteroatoms. The van der Waals surface area contributed by atoms with Crippen LogP contribution in [-0.4, -0.2) is 46.1 Å². The van der Waals surface area contributed by atoms with E-state index in [4.69, 9.17) is 4.74 Å². The van der Waals surface area contributed by atoms with Gasteiger partial charge in [0.15, 0.2) is 11.5 Å². The van der Waals surface area contributed by atoms with Gasteiger partial charge in [0.05, 0.1) is 12.7 Å². The molecular weight excluding hydrogens is 364 g/mol. The Hall–Kier alpha value is -2.41. The number of hydrogen-bond donors (Lipinski definition) is 3. The van der Waals surface area contributed by atoms with Gasteiger partial charge < -0.3 is 20.1 Å². The van der Waals surface area contributed by atoms with E-state index in [1.54, 1.807) is 0 Å². The Bertz CT molecular complexity index is 832. The number of rotatable bonds is 5. The van der Waals surface area contributed by atoms with Crippen molar-refractivity contribution in [1.29, 1.82) is 0 Å². The lowest BCUT2D eigenvalue weighted by Gasteiger charge is -2.54. The van der Waals surface area contributed by atoms with Gasteiger partial charge in [0.1, 0.15) is 5.76 Å². The average Bonchev–Trinajstić information content (AvgIpc) is 2.60. The number of ether oxygens (including phenoxy) is 1. The monoisotopic (exact) mass is 390 g/mol. The molecule has 0 bridgehead atoms. The van der Waals surface area contributed by atoms with Gasteiger partial charge in [-0.1, -0.05) is 20.3 Å². The molecule has 0 radical (unpaired) electrons. The molecule has 3 N–H and O–H groups in total. The molecular formula is C21H26O7. The topological polar surface area (TPSA) is 121 Å². The van der Waals surface area contributed by atoms with Crippen LogP contribution in [0.4, 0.5) is 0 Å². The fraction of sp³-hybridized carbons (Fsp3) is 0.571. The number of Topliss-reactive ketones (excluding diaryl/α,β-unsaturated/α-hetero) is 1. The maximum Gasteiger partial charge on any atom is 0.293 e. The highest BCUT2D eigenvalue weighted by atomic mass is 16.5. The molecule has 152 valence electrons. The summed E-state index contributed by atoms with van der Waals surface area (Å²) in [6, 6.07) is 0. The quantitative estimate of drug-likeness (QED) is 0.617. The highest BCUT2D eigenvalue weighted by Crippen LogP contribution is 2.60. The zero-order valence-electron chi connectivity index (χ0n) is 16.3. The number of ketones is 2. The average molecular weight is 390 g/mol. The minimum Gasteiger partial charge on any atom is -0.507 e. The molecule has 0 aliphatic heterocycles. The molecule has 7 nitrogen and oxygen atoms in total. The van der Waals surface area contributed by atoms with Crippen LogP contribution in [0.15, 0.2) is 34.3 Å². The fourth-order valence-corrected chi connectivity index (χ4v) is 5.43. The molecule has 0 aromatic heterocycles. The summed E-state index contributed by atoms with van der Waals surface area (Å²) in [6.07, 6.45) is 2.17. The molecule has 3 aliphatic carbocycles. The van der Waals surface area contributed by atoms with Gasteiger partial charge in [0.25, 0.3) is 6.47 Å². The van der Waals surface area contributed by atoms with E-state index >= 15 is 0 Å². The van der Waals surface area contributed by atoms with Gasteiger partial charge in [-0.15, -0.1) is 0 Å². The third kappa shape index (κ3) is 2.89. The third-order valence-corrected chi connectivity index (χ3v) is 6.44. The molecule has 1 unspecified atom stereocenters. The van der Waals surface area contributed by atoms with E-state index in [0.29, 0.717) is 25.7 Å². The van der Waals surface area contributed by atoms with Crippen LogP contribution in [0.25, 0.3) is 0 Å². The van der Waals surface area contributed by atoms with E-state index < -0.39 is 34.4 Å². The Kier molecular flexibility index (Phi) is 5.00. The molecule has 0 saturated heterocycles. The Balaban J connectivity index is 2.18. The summed E-state index contributed by atoms with van der Waals surface area (Å²) in [4.78, 5) is 36.6. The van der Waals surface area contributed by atoms with E-state index in [9.17, 15) is 29.7 Å². The van der Waals surface area contributed by atoms with Crippen molar-refractivity contribution < 1.29 is 34.4 Å². The SMILES string of the molecule is CC(O)CC1=C(O)C2=CC(=O)[C@H]3[C@@](C)(COC=O)CCC[C@]3(C)C2=C(O)C1=O. The summed E-state index contributed by atoms with van der Waals surface area (Å²) < 4.78 is 5.00. The van der Waals surface area contributed by atoms with Crippen molar-refractivity contribution in [3.05, 3.63) is 34.3 Å². The Morgan fingerprint density at radius 1 is 1.25 bits per heavy atom. The fourth-order valence-electron chi connectivity index (χ4n) is 5.43. The summed E-state index contributed by atoms with van der Waals surface area (Å²) in [7, 11) is 0. The Morgan fingerprint density at radius 2 is 1.93 bits per heavy atom. The molecule has 0 aromatic carbocycles. The number of aliphatic hydroxyl groups is 3. The van der Waals surface area contributed by atoms with E-state index in [0.717, 1.165) is 0 Å². The van der Waals surface area contributed by atoms with Gasteiger partial charge >= 0.3 is 0 Å². The van der Waals surface area contributed by atoms with Crippen molar-refractivity contribution in [3.8, 4) is 0 Å². The van der Waals surface area contributed by atoms with Crippen molar-refractivity contribution in [2.24, 2.45) is 16.7 Å². The molecule has 0 spiro atoms. The van der Waals surface area contributed by atoms with Gasteiger partial charge in [-0.05, 0) is 25.8 Å². The summed E-state index contributed by atoms with van der Waals surface area (Å²) >= 11 is 0. The van der Waals surface area contributed by atoms with Crippen LogP contribution in [0.5, 0.6) is 0 Å². The van der Waals surface area contributed by atoms with Crippen molar-refractivity contribution in [2.45, 2.75) is 52.6 Å². The lowest BCUT2D eigenvalue weighted by molar-refractivity contribution is -0.144. The molecule has 0 aromatic rings. The number of carbonyl (C=O) groups excluding carboxylic acids is 3. The smallest absolute Gasteiger partial charge is 0.293 e. The maximum absolute atomic E-state index is 13.1. The molecule has 3 rings (SSSR count). The standard InChI is InChI=1S/C21H26O7/c1-11(23)7-13-16(25)12-8-14(24)19-20(2,9-28-10-22)5-4-6-21(19,3)15(12)18(27)17(13)26/h8,10-11,19,23,25,27H,4-7,9H2,1-3H3/t11?,19-,20+,21+/m0/s1. The highest BCUT2D eigenvalue weighted by Gasteiger charge is 2.58. The third-order valence-electron chi connectivity index (χ3n) is 6.44. The molecule has 0 amide bonds. The van der Waals surface area contributed by atoms with E-state index in [1.165, 1.54) is 13.0 Å². The molecule has 1 saturated carbocycles. The highest BCUT2D eigenvalue weighted by molar-refractivity contribution is 6.12. The second-order valence-corrected chi connectivity index (χ2v) is 8.66. The summed E-state index contributed by atoms with van der Waals surface area (Å²) in [6.45, 7) is 5.56. The van der Waals surface area contributed by atoms with Gasteiger partial charge in [0, 0.05) is 39.9 Å². The number of hydrogen-bond acceptors (Lipinski definition) is 7.